The Kier molecular flexibility index (Phi) is 5.89. The zero-order chi connectivity index (χ0) is 20.3. The van der Waals surface area contributed by atoms with Crippen molar-refractivity contribution in [1.82, 2.24) is 0 Å². The van der Waals surface area contributed by atoms with Crippen LogP contribution in [0.5, 0.6) is 11.5 Å². The summed E-state index contributed by atoms with van der Waals surface area (Å²) in [6.45, 7) is 1.30. The molecule has 1 N–H and O–H groups in total. The quantitative estimate of drug-likeness (QED) is 0.566. The predicted molar refractivity (Wildman–Crippen MR) is 107 cm³/mol. The Hall–Kier alpha value is -3.00. The zero-order valence-corrected chi connectivity index (χ0v) is 17.1. The van der Waals surface area contributed by atoms with Crippen LogP contribution in [0.4, 0.5) is 5.69 Å². The Morgan fingerprint density at radius 1 is 1.07 bits per heavy atom. The fraction of sp³-hybridized carbons (Fsp3) is 0.200. The minimum absolute atomic E-state index is 0.0731. The summed E-state index contributed by atoms with van der Waals surface area (Å²) in [7, 11) is 3.02. The number of carbonyl (C=O) groups excluding carboxylic acids is 2. The SMILES string of the molecule is COc1cc(NC(=O)COC(=O)c2oc3ccc(Br)cc3c2C)cc(OC)c1. The van der Waals surface area contributed by atoms with E-state index in [0.29, 0.717) is 28.3 Å². The summed E-state index contributed by atoms with van der Waals surface area (Å²) in [6, 6.07) is 10.4. The minimum Gasteiger partial charge on any atom is -0.497 e. The van der Waals surface area contributed by atoms with Gasteiger partial charge in [-0.2, -0.15) is 0 Å². The van der Waals surface area contributed by atoms with E-state index in [0.717, 1.165) is 9.86 Å². The molecule has 146 valence electrons. The van der Waals surface area contributed by atoms with Gasteiger partial charge in [0.25, 0.3) is 5.91 Å². The Balaban J connectivity index is 1.66. The maximum Gasteiger partial charge on any atom is 0.375 e. The lowest BCUT2D eigenvalue weighted by Crippen LogP contribution is -2.21. The van der Waals surface area contributed by atoms with E-state index in [9.17, 15) is 9.59 Å². The molecule has 1 heterocycles. The molecule has 2 aromatic carbocycles. The number of fused-ring (bicyclic) bond motifs is 1. The molecule has 0 aliphatic heterocycles. The monoisotopic (exact) mass is 447 g/mol. The summed E-state index contributed by atoms with van der Waals surface area (Å²) in [5.41, 5.74) is 1.68. The molecule has 28 heavy (non-hydrogen) atoms. The summed E-state index contributed by atoms with van der Waals surface area (Å²) in [4.78, 5) is 24.5. The Morgan fingerprint density at radius 2 is 1.75 bits per heavy atom. The second-order valence-corrected chi connectivity index (χ2v) is 6.84. The number of esters is 1. The van der Waals surface area contributed by atoms with Crippen LogP contribution in [0.3, 0.4) is 0 Å². The van der Waals surface area contributed by atoms with Crippen molar-refractivity contribution in [2.24, 2.45) is 0 Å². The molecule has 3 rings (SSSR count). The first-order chi connectivity index (χ1) is 13.4. The van der Waals surface area contributed by atoms with E-state index < -0.39 is 18.5 Å². The summed E-state index contributed by atoms with van der Waals surface area (Å²) in [5, 5.41) is 3.43. The molecule has 0 aliphatic rings. The first-order valence-corrected chi connectivity index (χ1v) is 9.09. The standard InChI is InChI=1S/C20H18BrNO6/c1-11-16-6-12(21)4-5-17(16)28-19(11)20(24)27-10-18(23)22-13-7-14(25-2)9-15(8-13)26-3/h4-9H,10H2,1-3H3,(H,22,23). The van der Waals surface area contributed by atoms with Gasteiger partial charge in [0.15, 0.2) is 6.61 Å². The molecule has 0 unspecified atom stereocenters. The molecule has 0 bridgehead atoms. The Morgan fingerprint density at radius 3 is 2.39 bits per heavy atom. The molecule has 0 radical (unpaired) electrons. The molecule has 0 spiro atoms. The zero-order valence-electron chi connectivity index (χ0n) is 15.5. The number of nitrogens with one attached hydrogen (secondary N) is 1. The number of amides is 1. The van der Waals surface area contributed by atoms with E-state index >= 15 is 0 Å². The van der Waals surface area contributed by atoms with Crippen molar-refractivity contribution in [3.8, 4) is 11.5 Å². The molecule has 0 atom stereocenters. The number of halogens is 1. The average molecular weight is 448 g/mol. The summed E-state index contributed by atoms with van der Waals surface area (Å²) in [5.74, 6) is -0.0845. The third kappa shape index (κ3) is 4.28. The largest absolute Gasteiger partial charge is 0.497 e. The second kappa shape index (κ2) is 8.35. The third-order valence-corrected chi connectivity index (χ3v) is 4.55. The van der Waals surface area contributed by atoms with Crippen molar-refractivity contribution in [1.29, 1.82) is 0 Å². The van der Waals surface area contributed by atoms with Crippen molar-refractivity contribution in [2.45, 2.75) is 6.92 Å². The van der Waals surface area contributed by atoms with Gasteiger partial charge in [0.05, 0.1) is 14.2 Å². The number of anilines is 1. The predicted octanol–water partition coefficient (Wildman–Crippen LogP) is 4.32. The first kappa shape index (κ1) is 19.8. The third-order valence-electron chi connectivity index (χ3n) is 4.05. The lowest BCUT2D eigenvalue weighted by molar-refractivity contribution is -0.119. The highest BCUT2D eigenvalue weighted by Gasteiger charge is 2.20. The normalized spacial score (nSPS) is 10.6. The number of ether oxygens (including phenoxy) is 3. The van der Waals surface area contributed by atoms with Gasteiger partial charge in [-0.1, -0.05) is 15.9 Å². The number of rotatable bonds is 6. The van der Waals surface area contributed by atoms with Crippen LogP contribution in [0.1, 0.15) is 16.1 Å². The number of hydrogen-bond acceptors (Lipinski definition) is 6. The molecule has 0 fully saturated rings. The molecule has 0 aliphatic carbocycles. The van der Waals surface area contributed by atoms with Gasteiger partial charge in [0.2, 0.25) is 5.76 Å². The lowest BCUT2D eigenvalue weighted by Gasteiger charge is -2.10. The number of hydrogen-bond donors (Lipinski definition) is 1. The highest BCUT2D eigenvalue weighted by atomic mass is 79.9. The second-order valence-electron chi connectivity index (χ2n) is 5.92. The number of carbonyl (C=O) groups is 2. The van der Waals surface area contributed by atoms with Gasteiger partial charge in [-0.3, -0.25) is 4.79 Å². The maximum atomic E-state index is 12.3. The lowest BCUT2D eigenvalue weighted by atomic mass is 10.1. The Labute approximate surface area is 169 Å². The van der Waals surface area contributed by atoms with E-state index in [1.54, 1.807) is 31.2 Å². The van der Waals surface area contributed by atoms with E-state index in [1.807, 2.05) is 12.1 Å². The van der Waals surface area contributed by atoms with Gasteiger partial charge in [0, 0.05) is 39.3 Å². The van der Waals surface area contributed by atoms with E-state index in [-0.39, 0.29) is 5.76 Å². The molecule has 1 aromatic heterocycles. The van der Waals surface area contributed by atoms with Crippen molar-refractivity contribution >= 4 is 44.5 Å². The van der Waals surface area contributed by atoms with Crippen LogP contribution in [-0.2, 0) is 9.53 Å². The highest BCUT2D eigenvalue weighted by Crippen LogP contribution is 2.29. The summed E-state index contributed by atoms with van der Waals surface area (Å²) < 4.78 is 21.8. The summed E-state index contributed by atoms with van der Waals surface area (Å²) in [6.07, 6.45) is 0. The Bertz CT molecular complexity index is 1020. The van der Waals surface area contributed by atoms with E-state index in [2.05, 4.69) is 21.2 Å². The van der Waals surface area contributed by atoms with Gasteiger partial charge >= 0.3 is 5.97 Å². The number of benzene rings is 2. The molecular weight excluding hydrogens is 430 g/mol. The van der Waals surface area contributed by atoms with Crippen LogP contribution in [0.2, 0.25) is 0 Å². The molecule has 3 aromatic rings. The van der Waals surface area contributed by atoms with Crippen LogP contribution < -0.4 is 14.8 Å². The maximum absolute atomic E-state index is 12.3. The molecule has 0 saturated heterocycles. The molecule has 7 nitrogen and oxygen atoms in total. The first-order valence-electron chi connectivity index (χ1n) is 8.30. The van der Waals surface area contributed by atoms with Crippen molar-refractivity contribution < 1.29 is 28.2 Å². The van der Waals surface area contributed by atoms with Gasteiger partial charge in [-0.05, 0) is 25.1 Å². The molecule has 1 amide bonds. The molecule has 8 heteroatoms. The topological polar surface area (TPSA) is 87.0 Å². The summed E-state index contributed by atoms with van der Waals surface area (Å²) >= 11 is 3.39. The molecule has 0 saturated carbocycles. The van der Waals surface area contributed by atoms with E-state index in [4.69, 9.17) is 18.6 Å². The van der Waals surface area contributed by atoms with Crippen LogP contribution in [0.25, 0.3) is 11.0 Å². The van der Waals surface area contributed by atoms with Gasteiger partial charge in [-0.15, -0.1) is 0 Å². The number of furan rings is 1. The highest BCUT2D eigenvalue weighted by molar-refractivity contribution is 9.10. The minimum atomic E-state index is -0.705. The van der Waals surface area contributed by atoms with E-state index in [1.165, 1.54) is 14.2 Å². The van der Waals surface area contributed by atoms with Crippen molar-refractivity contribution in [3.05, 3.63) is 52.2 Å². The smallest absolute Gasteiger partial charge is 0.375 e. The van der Waals surface area contributed by atoms with Gasteiger partial charge in [0.1, 0.15) is 17.1 Å². The van der Waals surface area contributed by atoms with Crippen LogP contribution in [-0.4, -0.2) is 32.7 Å². The fourth-order valence-corrected chi connectivity index (χ4v) is 3.02. The molecular formula is C20H18BrNO6. The van der Waals surface area contributed by atoms with Gasteiger partial charge < -0.3 is 23.9 Å². The van der Waals surface area contributed by atoms with Crippen molar-refractivity contribution in [3.63, 3.8) is 0 Å². The fourth-order valence-electron chi connectivity index (χ4n) is 2.66. The van der Waals surface area contributed by atoms with Gasteiger partial charge in [-0.25, -0.2) is 4.79 Å². The average Bonchev–Trinajstić information content (AvgIpc) is 3.02. The number of methoxy groups -OCH3 is 2. The van der Waals surface area contributed by atoms with Crippen LogP contribution >= 0.6 is 15.9 Å². The van der Waals surface area contributed by atoms with Crippen molar-refractivity contribution in [2.75, 3.05) is 26.1 Å². The van der Waals surface area contributed by atoms with Crippen LogP contribution in [0, 0.1) is 6.92 Å². The number of aryl methyl sites for hydroxylation is 1. The van der Waals surface area contributed by atoms with Crippen LogP contribution in [0.15, 0.2) is 45.3 Å².